The maximum Gasteiger partial charge on any atom is 0.277 e. The number of hydrazone groups is 1. The van der Waals surface area contributed by atoms with Crippen LogP contribution in [0.2, 0.25) is 5.02 Å². The Bertz CT molecular complexity index is 1040. The van der Waals surface area contributed by atoms with Crippen molar-refractivity contribution in [3.05, 3.63) is 70.4 Å². The number of halogens is 1. The fourth-order valence-electron chi connectivity index (χ4n) is 2.60. The minimum absolute atomic E-state index is 0.130. The summed E-state index contributed by atoms with van der Waals surface area (Å²) >= 11 is 6.14. The van der Waals surface area contributed by atoms with Crippen LogP contribution in [0.15, 0.2) is 58.0 Å². The van der Waals surface area contributed by atoms with Crippen molar-refractivity contribution in [2.75, 3.05) is 13.7 Å². The Balaban J connectivity index is 1.55. The lowest BCUT2D eigenvalue weighted by atomic mass is 10.1. The van der Waals surface area contributed by atoms with Crippen molar-refractivity contribution < 1.29 is 18.7 Å². The topological polar surface area (TPSA) is 73.1 Å². The summed E-state index contributed by atoms with van der Waals surface area (Å²) in [5.74, 6) is 2.02. The van der Waals surface area contributed by atoms with Crippen LogP contribution in [-0.4, -0.2) is 25.8 Å². The fraction of sp³-hybridized carbons (Fsp3) is 0.182. The van der Waals surface area contributed by atoms with Crippen LogP contribution in [0.5, 0.6) is 11.5 Å². The van der Waals surface area contributed by atoms with E-state index in [4.69, 9.17) is 25.5 Å². The van der Waals surface area contributed by atoms with Crippen LogP contribution in [0.3, 0.4) is 0 Å². The molecule has 29 heavy (non-hydrogen) atoms. The number of aryl methyl sites for hydroxylation is 2. The quantitative estimate of drug-likeness (QED) is 0.448. The van der Waals surface area contributed by atoms with Crippen molar-refractivity contribution in [3.63, 3.8) is 0 Å². The second-order valence-corrected chi connectivity index (χ2v) is 6.81. The highest BCUT2D eigenvalue weighted by Gasteiger charge is 2.08. The maximum absolute atomic E-state index is 11.9. The van der Waals surface area contributed by atoms with Gasteiger partial charge in [-0.25, -0.2) is 5.43 Å². The van der Waals surface area contributed by atoms with Gasteiger partial charge in [0, 0.05) is 5.56 Å². The normalized spacial score (nSPS) is 10.9. The summed E-state index contributed by atoms with van der Waals surface area (Å²) in [7, 11) is 1.56. The number of methoxy groups -OCH3 is 1. The molecule has 1 N–H and O–H groups in total. The first-order valence-corrected chi connectivity index (χ1v) is 9.30. The molecule has 0 atom stereocenters. The molecule has 0 spiro atoms. The van der Waals surface area contributed by atoms with E-state index >= 15 is 0 Å². The highest BCUT2D eigenvalue weighted by atomic mass is 35.5. The Morgan fingerprint density at radius 2 is 1.97 bits per heavy atom. The minimum Gasteiger partial charge on any atom is -0.495 e. The summed E-state index contributed by atoms with van der Waals surface area (Å²) in [6.45, 7) is 3.76. The number of carbonyl (C=O) groups is 1. The zero-order valence-electron chi connectivity index (χ0n) is 16.4. The molecule has 1 heterocycles. The van der Waals surface area contributed by atoms with E-state index in [2.05, 4.69) is 10.5 Å². The molecule has 1 amide bonds. The van der Waals surface area contributed by atoms with Crippen LogP contribution < -0.4 is 14.9 Å². The van der Waals surface area contributed by atoms with Gasteiger partial charge in [-0.05, 0) is 61.4 Å². The molecule has 1 aromatic heterocycles. The average Bonchev–Trinajstić information content (AvgIpc) is 3.17. The Kier molecular flexibility index (Phi) is 6.57. The van der Waals surface area contributed by atoms with Gasteiger partial charge in [0.15, 0.2) is 6.61 Å². The first kappa shape index (κ1) is 20.5. The number of carbonyl (C=O) groups excluding carboxylic acids is 1. The first-order valence-electron chi connectivity index (χ1n) is 8.92. The summed E-state index contributed by atoms with van der Waals surface area (Å²) in [5.41, 5.74) is 5.26. The lowest BCUT2D eigenvalue weighted by Crippen LogP contribution is -2.24. The van der Waals surface area contributed by atoms with Crippen molar-refractivity contribution in [1.82, 2.24) is 5.43 Å². The van der Waals surface area contributed by atoms with Crippen LogP contribution in [0.4, 0.5) is 0 Å². The summed E-state index contributed by atoms with van der Waals surface area (Å²) in [6.07, 6.45) is 1.42. The van der Waals surface area contributed by atoms with Gasteiger partial charge < -0.3 is 13.9 Å². The number of benzene rings is 2. The lowest BCUT2D eigenvalue weighted by molar-refractivity contribution is -0.123. The summed E-state index contributed by atoms with van der Waals surface area (Å²) in [5, 5.41) is 4.39. The van der Waals surface area contributed by atoms with Gasteiger partial charge in [0.05, 0.1) is 18.3 Å². The molecule has 2 aromatic carbocycles. The first-order chi connectivity index (χ1) is 14.0. The Labute approximate surface area is 174 Å². The standard InChI is InChI=1S/C22H21ClN2O4/c1-14-4-5-15(2)21(10-14)28-13-22(26)25-24-12-17-7-9-19(29-17)16-6-8-20(27-3)18(23)11-16/h4-12H,13H2,1-3H3,(H,25,26)/b24-12+. The highest BCUT2D eigenvalue weighted by molar-refractivity contribution is 6.32. The van der Waals surface area contributed by atoms with Crippen molar-refractivity contribution in [3.8, 4) is 22.8 Å². The number of furan rings is 1. The number of hydrogen-bond acceptors (Lipinski definition) is 5. The molecule has 0 bridgehead atoms. The van der Waals surface area contributed by atoms with Crippen LogP contribution >= 0.6 is 11.6 Å². The third-order valence-corrected chi connectivity index (χ3v) is 4.44. The molecule has 0 unspecified atom stereocenters. The molecule has 0 radical (unpaired) electrons. The number of rotatable bonds is 7. The SMILES string of the molecule is COc1ccc(-c2ccc(/C=N/NC(=O)COc3cc(C)ccc3C)o2)cc1Cl. The maximum atomic E-state index is 11.9. The largest absolute Gasteiger partial charge is 0.495 e. The van der Waals surface area contributed by atoms with Gasteiger partial charge in [-0.3, -0.25) is 4.79 Å². The van der Waals surface area contributed by atoms with E-state index in [9.17, 15) is 4.79 Å². The predicted octanol–water partition coefficient (Wildman–Crippen LogP) is 4.75. The third kappa shape index (κ3) is 5.39. The van der Waals surface area contributed by atoms with E-state index in [-0.39, 0.29) is 12.5 Å². The molecule has 3 aromatic rings. The number of amides is 1. The van der Waals surface area contributed by atoms with E-state index in [0.29, 0.717) is 28.0 Å². The van der Waals surface area contributed by atoms with Crippen LogP contribution in [-0.2, 0) is 4.79 Å². The molecule has 0 aliphatic heterocycles. The Hall–Kier alpha value is -3.25. The molecule has 7 heteroatoms. The zero-order chi connectivity index (χ0) is 20.8. The lowest BCUT2D eigenvalue weighted by Gasteiger charge is -2.08. The van der Waals surface area contributed by atoms with Crippen molar-refractivity contribution >= 4 is 23.7 Å². The molecule has 6 nitrogen and oxygen atoms in total. The third-order valence-electron chi connectivity index (χ3n) is 4.15. The highest BCUT2D eigenvalue weighted by Crippen LogP contribution is 2.30. The Morgan fingerprint density at radius 3 is 2.72 bits per heavy atom. The number of hydrogen-bond donors (Lipinski definition) is 1. The summed E-state index contributed by atoms with van der Waals surface area (Å²) in [4.78, 5) is 11.9. The molecule has 3 rings (SSSR count). The van der Waals surface area contributed by atoms with Gasteiger partial charge in [-0.15, -0.1) is 0 Å². The van der Waals surface area contributed by atoms with Gasteiger partial charge >= 0.3 is 0 Å². The second-order valence-electron chi connectivity index (χ2n) is 6.40. The van der Waals surface area contributed by atoms with E-state index in [0.717, 1.165) is 16.7 Å². The van der Waals surface area contributed by atoms with Crippen LogP contribution in [0, 0.1) is 13.8 Å². The van der Waals surface area contributed by atoms with Crippen molar-refractivity contribution in [2.45, 2.75) is 13.8 Å². The molecule has 0 aliphatic rings. The number of nitrogens with one attached hydrogen (secondary N) is 1. The molecule has 0 saturated carbocycles. The average molecular weight is 413 g/mol. The number of nitrogens with zero attached hydrogens (tertiary/aromatic N) is 1. The molecular formula is C22H21ClN2O4. The second kappa shape index (κ2) is 9.30. The van der Waals surface area contributed by atoms with E-state index in [1.807, 2.05) is 38.1 Å². The Morgan fingerprint density at radius 1 is 1.14 bits per heavy atom. The van der Waals surface area contributed by atoms with Crippen molar-refractivity contribution in [1.29, 1.82) is 0 Å². The minimum atomic E-state index is -0.365. The molecule has 150 valence electrons. The van der Waals surface area contributed by atoms with E-state index in [1.54, 1.807) is 31.4 Å². The molecule has 0 saturated heterocycles. The monoisotopic (exact) mass is 412 g/mol. The smallest absolute Gasteiger partial charge is 0.277 e. The van der Waals surface area contributed by atoms with Crippen LogP contribution in [0.25, 0.3) is 11.3 Å². The van der Waals surface area contributed by atoms with Gasteiger partial charge in [-0.1, -0.05) is 23.7 Å². The van der Waals surface area contributed by atoms with E-state index in [1.165, 1.54) is 6.21 Å². The number of ether oxygens (including phenoxy) is 2. The van der Waals surface area contributed by atoms with Gasteiger partial charge in [0.2, 0.25) is 0 Å². The summed E-state index contributed by atoms with van der Waals surface area (Å²) < 4.78 is 16.4. The summed E-state index contributed by atoms with van der Waals surface area (Å²) in [6, 6.07) is 14.7. The molecule has 0 fully saturated rings. The molecular weight excluding hydrogens is 392 g/mol. The van der Waals surface area contributed by atoms with E-state index < -0.39 is 0 Å². The fourth-order valence-corrected chi connectivity index (χ4v) is 2.86. The zero-order valence-corrected chi connectivity index (χ0v) is 17.1. The predicted molar refractivity (Wildman–Crippen MR) is 113 cm³/mol. The van der Waals surface area contributed by atoms with Crippen LogP contribution in [0.1, 0.15) is 16.9 Å². The molecule has 0 aliphatic carbocycles. The van der Waals surface area contributed by atoms with Crippen molar-refractivity contribution in [2.24, 2.45) is 5.10 Å². The van der Waals surface area contributed by atoms with Gasteiger partial charge in [-0.2, -0.15) is 5.10 Å². The van der Waals surface area contributed by atoms with Gasteiger partial charge in [0.25, 0.3) is 5.91 Å². The van der Waals surface area contributed by atoms with Gasteiger partial charge in [0.1, 0.15) is 23.0 Å².